The maximum absolute atomic E-state index is 7.02. The molecule has 4 bridgehead atoms. The molecule has 7 aliphatic rings. The third-order valence-electron chi connectivity index (χ3n) is 18.4. The summed E-state index contributed by atoms with van der Waals surface area (Å²) in [5, 5.41) is 0. The van der Waals surface area contributed by atoms with E-state index < -0.39 is 0 Å². The van der Waals surface area contributed by atoms with Crippen molar-refractivity contribution in [3.63, 3.8) is 0 Å². The molecule has 0 N–H and O–H groups in total. The fourth-order valence-corrected chi connectivity index (χ4v) is 15.4. The molecule has 5 heteroatoms. The highest BCUT2D eigenvalue weighted by atomic mass is 16.6. The van der Waals surface area contributed by atoms with Crippen LogP contribution in [-0.2, 0) is 10.8 Å². The van der Waals surface area contributed by atoms with Gasteiger partial charge in [-0.15, -0.1) is 0 Å². The summed E-state index contributed by atoms with van der Waals surface area (Å²) in [5.74, 6) is 7.90. The van der Waals surface area contributed by atoms with Crippen molar-refractivity contribution >= 4 is 0 Å². The molecule has 360 valence electrons. The van der Waals surface area contributed by atoms with Crippen molar-refractivity contribution in [1.82, 2.24) is 15.0 Å². The van der Waals surface area contributed by atoms with E-state index in [1.807, 2.05) is 24.3 Å². The number of hydrogen-bond acceptors (Lipinski definition) is 5. The summed E-state index contributed by atoms with van der Waals surface area (Å²) in [5.41, 5.74) is 20.2. The van der Waals surface area contributed by atoms with E-state index in [9.17, 15) is 0 Å². The number of ether oxygens (including phenoxy) is 2. The molecule has 10 aromatic rings. The number of rotatable bonds is 6. The van der Waals surface area contributed by atoms with Crippen LogP contribution in [0.4, 0.5) is 0 Å². The Kier molecular flexibility index (Phi) is 9.21. The summed E-state index contributed by atoms with van der Waals surface area (Å²) < 4.78 is 13.7. The lowest BCUT2D eigenvalue weighted by Gasteiger charge is -2.61. The second kappa shape index (κ2) is 16.0. The van der Waals surface area contributed by atoms with Crippen molar-refractivity contribution in [2.75, 3.05) is 0 Å². The molecule has 0 saturated heterocycles. The standard InChI is InChI=1S/C70H53N3O2/c1-69(2)58-19-7-6-16-54(58)55-18-11-17-53(63(55)69)48-14-10-15-49(39-48)67-71-66(47-28-26-46(27-29-47)45-24-22-44(23-25-45)43-12-4-3-5-13-43)72-68(73-67)50-30-32-59-57(40-50)56-31-33-62-65(75-61-21-9-8-20-60(61)74-62)64(56)70(59)51-35-41-34-42(37-51)38-52(70)36-41/h3-33,39-42,51-52H,34-38H2,1-2H3. The van der Waals surface area contributed by atoms with E-state index in [1.54, 1.807) is 0 Å². The second-order valence-corrected chi connectivity index (χ2v) is 22.7. The van der Waals surface area contributed by atoms with Gasteiger partial charge in [0.05, 0.1) is 0 Å². The molecule has 2 heterocycles. The second-order valence-electron chi connectivity index (χ2n) is 22.7. The van der Waals surface area contributed by atoms with Gasteiger partial charge in [-0.05, 0) is 158 Å². The predicted molar refractivity (Wildman–Crippen MR) is 300 cm³/mol. The van der Waals surface area contributed by atoms with E-state index in [1.165, 1.54) is 93.3 Å². The van der Waals surface area contributed by atoms with E-state index in [2.05, 4.69) is 190 Å². The minimum Gasteiger partial charge on any atom is -0.450 e. The molecule has 0 unspecified atom stereocenters. The fourth-order valence-electron chi connectivity index (χ4n) is 15.4. The zero-order valence-corrected chi connectivity index (χ0v) is 42.1. The highest BCUT2D eigenvalue weighted by molar-refractivity contribution is 5.91. The Morgan fingerprint density at radius 1 is 0.347 bits per heavy atom. The zero-order valence-electron chi connectivity index (χ0n) is 42.1. The van der Waals surface area contributed by atoms with Crippen molar-refractivity contribution in [1.29, 1.82) is 0 Å². The highest BCUT2D eigenvalue weighted by Crippen LogP contribution is 2.72. The monoisotopic (exact) mass is 967 g/mol. The van der Waals surface area contributed by atoms with Crippen LogP contribution < -0.4 is 9.47 Å². The van der Waals surface area contributed by atoms with Crippen LogP contribution in [0, 0.1) is 23.7 Å². The Morgan fingerprint density at radius 3 is 1.56 bits per heavy atom. The van der Waals surface area contributed by atoms with Crippen LogP contribution in [0.25, 0.3) is 89.8 Å². The summed E-state index contributed by atoms with van der Waals surface area (Å²) in [6.07, 6.45) is 6.45. The molecule has 4 saturated carbocycles. The first-order valence-electron chi connectivity index (χ1n) is 27.0. The van der Waals surface area contributed by atoms with Crippen molar-refractivity contribution in [2.45, 2.75) is 56.8 Å². The Bertz CT molecular complexity index is 3960. The molecule has 1 aliphatic heterocycles. The summed E-state index contributed by atoms with van der Waals surface area (Å²) >= 11 is 0. The summed E-state index contributed by atoms with van der Waals surface area (Å²) in [6.45, 7) is 4.71. The molecule has 17 rings (SSSR count). The zero-order chi connectivity index (χ0) is 49.6. The number of nitrogens with zero attached hydrogens (tertiary/aromatic N) is 3. The molecule has 9 aromatic carbocycles. The number of aromatic nitrogens is 3. The minimum absolute atomic E-state index is 0.148. The van der Waals surface area contributed by atoms with Gasteiger partial charge in [0, 0.05) is 33.1 Å². The van der Waals surface area contributed by atoms with Crippen molar-refractivity contribution in [3.05, 3.63) is 222 Å². The third-order valence-corrected chi connectivity index (χ3v) is 18.4. The van der Waals surface area contributed by atoms with Gasteiger partial charge >= 0.3 is 0 Å². The summed E-state index contributed by atoms with van der Waals surface area (Å²) in [7, 11) is 0. The molecule has 0 amide bonds. The van der Waals surface area contributed by atoms with Crippen LogP contribution in [0.2, 0.25) is 0 Å². The molecule has 1 spiro atoms. The van der Waals surface area contributed by atoms with Crippen molar-refractivity contribution in [2.24, 2.45) is 23.7 Å². The Hall–Kier alpha value is -8.41. The van der Waals surface area contributed by atoms with Crippen LogP contribution in [-0.4, -0.2) is 15.0 Å². The molecule has 5 nitrogen and oxygen atoms in total. The van der Waals surface area contributed by atoms with Crippen LogP contribution >= 0.6 is 0 Å². The van der Waals surface area contributed by atoms with Crippen LogP contribution in [0.15, 0.2) is 200 Å². The minimum atomic E-state index is -0.160. The topological polar surface area (TPSA) is 57.1 Å². The molecule has 1 aromatic heterocycles. The van der Waals surface area contributed by atoms with Crippen LogP contribution in [0.3, 0.4) is 0 Å². The van der Waals surface area contributed by atoms with Gasteiger partial charge in [-0.3, -0.25) is 0 Å². The van der Waals surface area contributed by atoms with E-state index in [0.29, 0.717) is 29.3 Å². The molecule has 0 atom stereocenters. The Morgan fingerprint density at radius 2 is 0.853 bits per heavy atom. The quantitative estimate of drug-likeness (QED) is 0.166. The number of fused-ring (bicyclic) bond motifs is 9. The van der Waals surface area contributed by atoms with Gasteiger partial charge in [0.25, 0.3) is 0 Å². The molecular formula is C70H53N3O2. The molecule has 75 heavy (non-hydrogen) atoms. The van der Waals surface area contributed by atoms with Gasteiger partial charge in [-0.25, -0.2) is 15.0 Å². The Balaban J connectivity index is 0.841. The lowest BCUT2D eigenvalue weighted by Crippen LogP contribution is -2.55. The van der Waals surface area contributed by atoms with Gasteiger partial charge in [0.2, 0.25) is 0 Å². The van der Waals surface area contributed by atoms with E-state index in [0.717, 1.165) is 68.2 Å². The van der Waals surface area contributed by atoms with Gasteiger partial charge in [-0.2, -0.15) is 0 Å². The predicted octanol–water partition coefficient (Wildman–Crippen LogP) is 17.8. The number of para-hydroxylation sites is 2. The van der Waals surface area contributed by atoms with Gasteiger partial charge < -0.3 is 9.47 Å². The summed E-state index contributed by atoms with van der Waals surface area (Å²) in [6, 6.07) is 72.1. The van der Waals surface area contributed by atoms with E-state index >= 15 is 0 Å². The summed E-state index contributed by atoms with van der Waals surface area (Å²) in [4.78, 5) is 16.2. The van der Waals surface area contributed by atoms with Crippen molar-refractivity contribution in [3.8, 4) is 113 Å². The average Bonchev–Trinajstić information content (AvgIpc) is 3.89. The molecular weight excluding hydrogens is 915 g/mol. The van der Waals surface area contributed by atoms with Gasteiger partial charge in [-0.1, -0.05) is 184 Å². The number of hydrogen-bond donors (Lipinski definition) is 0. The highest BCUT2D eigenvalue weighted by Gasteiger charge is 2.63. The molecule has 0 radical (unpaired) electrons. The fraction of sp³-hybridized carbons (Fsp3) is 0.186. The van der Waals surface area contributed by atoms with E-state index in [4.69, 9.17) is 24.4 Å². The SMILES string of the molecule is CC1(C)c2ccccc2-c2cccc(-c3cccc(-c4nc(-c5ccc(-c6ccc(-c7ccccc7)cc6)cc5)nc(-c5ccc6c(c5)-c5ccc7c(c5C65C6CC8CC(C6)CC5C8)Oc5ccccc5O7)n4)c3)c21. The first kappa shape index (κ1) is 43.0. The average molecular weight is 968 g/mol. The normalized spacial score (nSPS) is 21.3. The molecule has 6 aliphatic carbocycles. The Labute approximate surface area is 438 Å². The van der Waals surface area contributed by atoms with Crippen LogP contribution in [0.5, 0.6) is 23.0 Å². The third kappa shape index (κ3) is 6.40. The molecule has 4 fully saturated rings. The maximum atomic E-state index is 7.02. The maximum Gasteiger partial charge on any atom is 0.174 e. The first-order chi connectivity index (χ1) is 36.8. The van der Waals surface area contributed by atoms with Crippen molar-refractivity contribution < 1.29 is 9.47 Å². The van der Waals surface area contributed by atoms with Gasteiger partial charge in [0.1, 0.15) is 0 Å². The largest absolute Gasteiger partial charge is 0.450 e. The van der Waals surface area contributed by atoms with E-state index in [-0.39, 0.29) is 10.8 Å². The van der Waals surface area contributed by atoms with Gasteiger partial charge in [0.15, 0.2) is 40.5 Å². The lowest BCUT2D eigenvalue weighted by atomic mass is 9.43. The number of benzene rings is 9. The lowest BCUT2D eigenvalue weighted by molar-refractivity contribution is -0.0407. The van der Waals surface area contributed by atoms with Crippen LogP contribution in [0.1, 0.15) is 68.2 Å². The smallest absolute Gasteiger partial charge is 0.174 e. The first-order valence-corrected chi connectivity index (χ1v) is 27.0.